The van der Waals surface area contributed by atoms with Crippen LogP contribution in [0.1, 0.15) is 23.6 Å². The van der Waals surface area contributed by atoms with E-state index in [2.05, 4.69) is 25.9 Å². The van der Waals surface area contributed by atoms with Crippen molar-refractivity contribution in [1.82, 2.24) is 24.4 Å². The van der Waals surface area contributed by atoms with E-state index in [4.69, 9.17) is 4.74 Å². The first-order chi connectivity index (χ1) is 13.7. The van der Waals surface area contributed by atoms with Crippen molar-refractivity contribution in [3.05, 3.63) is 64.5 Å². The fourth-order valence-corrected chi connectivity index (χ4v) is 4.69. The normalized spacial score (nSPS) is 21.3. The molecule has 3 aromatic heterocycles. The second-order valence-electron chi connectivity index (χ2n) is 7.72. The van der Waals surface area contributed by atoms with Crippen LogP contribution >= 0.6 is 0 Å². The standard InChI is InChI=1S/C21H23N5O2/c1-28-19-9-14(4-5-22-19)10-25-11-15-8-16(13-25)18-3-2-17(20-23-6-7-24-20)21(27)26(18)12-15/h2-7,9,15-16H,8,10-13H2,1H3,(H,23,24)/t15-,16+/m0/s1. The van der Waals surface area contributed by atoms with Gasteiger partial charge in [-0.3, -0.25) is 9.69 Å². The molecule has 0 unspecified atom stereocenters. The third-order valence-electron chi connectivity index (χ3n) is 5.85. The molecule has 1 fully saturated rings. The molecule has 0 aromatic carbocycles. The largest absolute Gasteiger partial charge is 0.481 e. The number of nitrogens with one attached hydrogen (secondary N) is 1. The van der Waals surface area contributed by atoms with E-state index in [1.54, 1.807) is 25.7 Å². The molecule has 1 N–H and O–H groups in total. The highest BCUT2D eigenvalue weighted by Crippen LogP contribution is 2.36. The lowest BCUT2D eigenvalue weighted by atomic mass is 9.83. The summed E-state index contributed by atoms with van der Waals surface area (Å²) in [7, 11) is 1.64. The molecular formula is C21H23N5O2. The van der Waals surface area contributed by atoms with Crippen LogP contribution in [-0.4, -0.2) is 44.6 Å². The van der Waals surface area contributed by atoms with Crippen LogP contribution in [0.3, 0.4) is 0 Å². The number of aromatic nitrogens is 4. The Morgan fingerprint density at radius 1 is 1.18 bits per heavy atom. The van der Waals surface area contributed by atoms with Crippen LogP contribution in [0, 0.1) is 5.92 Å². The van der Waals surface area contributed by atoms with Crippen molar-refractivity contribution in [3.63, 3.8) is 0 Å². The number of methoxy groups -OCH3 is 1. The molecule has 2 aliphatic heterocycles. The van der Waals surface area contributed by atoms with Crippen LogP contribution in [0.25, 0.3) is 11.4 Å². The Kier molecular flexibility index (Phi) is 4.24. The maximum atomic E-state index is 13.1. The van der Waals surface area contributed by atoms with E-state index in [9.17, 15) is 4.79 Å². The highest BCUT2D eigenvalue weighted by Gasteiger charge is 2.35. The number of rotatable bonds is 4. The zero-order valence-electron chi connectivity index (χ0n) is 15.8. The highest BCUT2D eigenvalue weighted by molar-refractivity contribution is 5.53. The summed E-state index contributed by atoms with van der Waals surface area (Å²) in [6.45, 7) is 3.61. The second kappa shape index (κ2) is 6.91. The van der Waals surface area contributed by atoms with Gasteiger partial charge in [0.25, 0.3) is 5.56 Å². The Hall–Kier alpha value is -2.93. The number of H-pyrrole nitrogens is 1. The Morgan fingerprint density at radius 3 is 2.93 bits per heavy atom. The van der Waals surface area contributed by atoms with Gasteiger partial charge in [0, 0.05) is 62.4 Å². The van der Waals surface area contributed by atoms with Gasteiger partial charge in [0.05, 0.1) is 12.7 Å². The van der Waals surface area contributed by atoms with Crippen LogP contribution in [0.2, 0.25) is 0 Å². The van der Waals surface area contributed by atoms with Crippen LogP contribution in [0.15, 0.2) is 47.7 Å². The summed E-state index contributed by atoms with van der Waals surface area (Å²) in [5, 5.41) is 0. The maximum absolute atomic E-state index is 13.1. The molecule has 0 spiro atoms. The Morgan fingerprint density at radius 2 is 2.11 bits per heavy atom. The van der Waals surface area contributed by atoms with Gasteiger partial charge in [-0.1, -0.05) is 0 Å². The van der Waals surface area contributed by atoms with Crippen molar-refractivity contribution in [2.75, 3.05) is 20.2 Å². The Labute approximate surface area is 163 Å². The molecule has 0 aliphatic carbocycles. The van der Waals surface area contributed by atoms with E-state index in [1.807, 2.05) is 22.8 Å². The molecule has 3 aromatic rings. The van der Waals surface area contributed by atoms with Crippen LogP contribution < -0.4 is 10.3 Å². The van der Waals surface area contributed by atoms with E-state index in [-0.39, 0.29) is 5.56 Å². The molecule has 5 rings (SSSR count). The number of aromatic amines is 1. The van der Waals surface area contributed by atoms with Crippen molar-refractivity contribution in [2.24, 2.45) is 5.92 Å². The molecule has 0 radical (unpaired) electrons. The summed E-state index contributed by atoms with van der Waals surface area (Å²) in [6, 6.07) is 8.07. The highest BCUT2D eigenvalue weighted by atomic mass is 16.5. The summed E-state index contributed by atoms with van der Waals surface area (Å²) >= 11 is 0. The van der Waals surface area contributed by atoms with Gasteiger partial charge < -0.3 is 14.3 Å². The molecule has 28 heavy (non-hydrogen) atoms. The van der Waals surface area contributed by atoms with Crippen LogP contribution in [0.4, 0.5) is 0 Å². The number of ether oxygens (including phenoxy) is 1. The number of hydrogen-bond donors (Lipinski definition) is 1. The lowest BCUT2D eigenvalue weighted by Crippen LogP contribution is -2.47. The molecular weight excluding hydrogens is 354 g/mol. The van der Waals surface area contributed by atoms with E-state index >= 15 is 0 Å². The van der Waals surface area contributed by atoms with Gasteiger partial charge in [-0.05, 0) is 36.1 Å². The molecule has 144 valence electrons. The summed E-state index contributed by atoms with van der Waals surface area (Å²) in [5.41, 5.74) is 3.06. The number of nitrogens with zero attached hydrogens (tertiary/aromatic N) is 4. The first-order valence-corrected chi connectivity index (χ1v) is 9.66. The molecule has 2 bridgehead atoms. The molecule has 2 aliphatic rings. The van der Waals surface area contributed by atoms with Crippen molar-refractivity contribution in [1.29, 1.82) is 0 Å². The minimum absolute atomic E-state index is 0.0643. The van der Waals surface area contributed by atoms with Gasteiger partial charge in [0.2, 0.25) is 5.88 Å². The van der Waals surface area contributed by atoms with Crippen LogP contribution in [-0.2, 0) is 13.1 Å². The van der Waals surface area contributed by atoms with Gasteiger partial charge in [-0.15, -0.1) is 0 Å². The molecule has 2 atom stereocenters. The summed E-state index contributed by atoms with van der Waals surface area (Å²) in [6.07, 6.45) is 6.37. The Bertz CT molecular complexity index is 1040. The summed E-state index contributed by atoms with van der Waals surface area (Å²) in [4.78, 5) is 27.0. The van der Waals surface area contributed by atoms with E-state index in [0.29, 0.717) is 29.1 Å². The SMILES string of the molecule is COc1cc(CN2C[C@@H]3C[C@H](C2)c2ccc(-c4ncc[nH]4)c(=O)n2C3)ccn1. The quantitative estimate of drug-likeness (QED) is 0.755. The number of hydrogen-bond acceptors (Lipinski definition) is 5. The molecule has 5 heterocycles. The van der Waals surface area contributed by atoms with Crippen molar-refractivity contribution >= 4 is 0 Å². The average molecular weight is 377 g/mol. The van der Waals surface area contributed by atoms with Gasteiger partial charge in [-0.25, -0.2) is 9.97 Å². The van der Waals surface area contributed by atoms with Gasteiger partial charge in [0.15, 0.2) is 0 Å². The van der Waals surface area contributed by atoms with Crippen molar-refractivity contribution in [3.8, 4) is 17.3 Å². The fourth-order valence-electron chi connectivity index (χ4n) is 4.69. The first-order valence-electron chi connectivity index (χ1n) is 9.66. The molecule has 7 heteroatoms. The minimum Gasteiger partial charge on any atom is -0.481 e. The number of imidazole rings is 1. The molecule has 0 saturated carbocycles. The van der Waals surface area contributed by atoms with Crippen molar-refractivity contribution in [2.45, 2.75) is 25.4 Å². The minimum atomic E-state index is 0.0643. The average Bonchev–Trinajstić information content (AvgIpc) is 3.23. The molecule has 1 saturated heterocycles. The number of likely N-dealkylation sites (tertiary alicyclic amines) is 1. The zero-order valence-corrected chi connectivity index (χ0v) is 15.8. The number of fused-ring (bicyclic) bond motifs is 4. The lowest BCUT2D eigenvalue weighted by molar-refractivity contribution is 0.114. The zero-order chi connectivity index (χ0) is 19.1. The summed E-state index contributed by atoms with van der Waals surface area (Å²) < 4.78 is 7.22. The third-order valence-corrected chi connectivity index (χ3v) is 5.85. The smallest absolute Gasteiger partial charge is 0.261 e. The monoisotopic (exact) mass is 377 g/mol. The molecule has 7 nitrogen and oxygen atoms in total. The number of pyridine rings is 2. The third kappa shape index (κ3) is 3.01. The van der Waals surface area contributed by atoms with Gasteiger partial charge in [0.1, 0.15) is 5.82 Å². The van der Waals surface area contributed by atoms with Gasteiger partial charge >= 0.3 is 0 Å². The van der Waals surface area contributed by atoms with E-state index < -0.39 is 0 Å². The molecule has 0 amide bonds. The topological polar surface area (TPSA) is 76.0 Å². The number of piperidine rings is 1. The van der Waals surface area contributed by atoms with E-state index in [0.717, 1.165) is 38.3 Å². The van der Waals surface area contributed by atoms with Crippen molar-refractivity contribution < 1.29 is 4.74 Å². The fraction of sp³-hybridized carbons (Fsp3) is 0.381. The summed E-state index contributed by atoms with van der Waals surface area (Å²) in [5.74, 6) is 2.16. The Balaban J connectivity index is 1.41. The van der Waals surface area contributed by atoms with Crippen LogP contribution in [0.5, 0.6) is 5.88 Å². The predicted molar refractivity (Wildman–Crippen MR) is 105 cm³/mol. The maximum Gasteiger partial charge on any atom is 0.261 e. The first kappa shape index (κ1) is 17.2. The second-order valence-corrected chi connectivity index (χ2v) is 7.72. The lowest BCUT2D eigenvalue weighted by Gasteiger charge is -2.43. The van der Waals surface area contributed by atoms with Gasteiger partial charge in [-0.2, -0.15) is 0 Å². The van der Waals surface area contributed by atoms with E-state index in [1.165, 1.54) is 5.56 Å². The predicted octanol–water partition coefficient (Wildman–Crippen LogP) is 2.26.